The molecule has 0 unspecified atom stereocenters. The molecule has 0 spiro atoms. The van der Waals surface area contributed by atoms with Crippen LogP contribution in [0.25, 0.3) is 0 Å². The normalized spacial score (nSPS) is 11.5. The zero-order chi connectivity index (χ0) is 16.3. The van der Waals surface area contributed by atoms with E-state index in [1.54, 1.807) is 0 Å². The molecular formula is C20H36O2. The fourth-order valence-corrected chi connectivity index (χ4v) is 2.32. The van der Waals surface area contributed by atoms with Crippen molar-refractivity contribution in [1.82, 2.24) is 0 Å². The van der Waals surface area contributed by atoms with Crippen molar-refractivity contribution in [1.29, 1.82) is 0 Å². The first-order valence-corrected chi connectivity index (χ1v) is 9.20. The molecule has 0 fully saturated rings. The first-order valence-electron chi connectivity index (χ1n) is 9.20. The maximum absolute atomic E-state index is 10.5. The van der Waals surface area contributed by atoms with E-state index in [0.29, 0.717) is 6.61 Å². The number of rotatable bonds is 15. The zero-order valence-electron chi connectivity index (χ0n) is 14.8. The second-order valence-electron chi connectivity index (χ2n) is 5.94. The molecular weight excluding hydrogens is 272 g/mol. The first-order chi connectivity index (χ1) is 10.8. The van der Waals surface area contributed by atoms with Crippen LogP contribution in [0, 0.1) is 0 Å². The lowest BCUT2D eigenvalue weighted by atomic mass is 10.1. The Morgan fingerprint density at radius 3 is 1.68 bits per heavy atom. The Morgan fingerprint density at radius 1 is 0.727 bits per heavy atom. The molecule has 2 heteroatoms. The number of allylic oxidation sites excluding steroid dienone is 3. The molecule has 0 bridgehead atoms. The second-order valence-corrected chi connectivity index (χ2v) is 5.94. The predicted octanol–water partition coefficient (Wildman–Crippen LogP) is 6.36. The Morgan fingerprint density at radius 2 is 1.18 bits per heavy atom. The van der Waals surface area contributed by atoms with E-state index in [2.05, 4.69) is 25.2 Å². The summed E-state index contributed by atoms with van der Waals surface area (Å²) in [6.07, 6.45) is 24.4. The molecule has 0 heterocycles. The van der Waals surface area contributed by atoms with Gasteiger partial charge in [-0.2, -0.15) is 0 Å². The summed E-state index contributed by atoms with van der Waals surface area (Å²) in [6.45, 7) is 4.10. The highest BCUT2D eigenvalue weighted by Gasteiger charge is 1.91. The number of ether oxygens (including phenoxy) is 1. The Labute approximate surface area is 138 Å². The van der Waals surface area contributed by atoms with Gasteiger partial charge in [0, 0.05) is 6.92 Å². The van der Waals surface area contributed by atoms with Crippen molar-refractivity contribution in [2.24, 2.45) is 0 Å². The number of esters is 1. The maximum Gasteiger partial charge on any atom is 0.302 e. The van der Waals surface area contributed by atoms with E-state index >= 15 is 0 Å². The van der Waals surface area contributed by atoms with Crippen molar-refractivity contribution in [3.63, 3.8) is 0 Å². The summed E-state index contributed by atoms with van der Waals surface area (Å²) >= 11 is 0. The van der Waals surface area contributed by atoms with Crippen molar-refractivity contribution in [3.05, 3.63) is 24.3 Å². The summed E-state index contributed by atoms with van der Waals surface area (Å²) < 4.78 is 4.83. The van der Waals surface area contributed by atoms with Gasteiger partial charge < -0.3 is 4.74 Å². The molecule has 0 radical (unpaired) electrons. The topological polar surface area (TPSA) is 26.3 Å². The molecule has 22 heavy (non-hydrogen) atoms. The lowest BCUT2D eigenvalue weighted by Gasteiger charge is -2.00. The van der Waals surface area contributed by atoms with Crippen LogP contribution in [0.15, 0.2) is 24.3 Å². The van der Waals surface area contributed by atoms with Gasteiger partial charge in [-0.25, -0.2) is 0 Å². The Kier molecular flexibility index (Phi) is 17.1. The molecule has 0 saturated carbocycles. The van der Waals surface area contributed by atoms with Crippen LogP contribution in [0.2, 0.25) is 0 Å². The van der Waals surface area contributed by atoms with Gasteiger partial charge in [0.1, 0.15) is 6.61 Å². The number of carbonyl (C=O) groups is 1. The summed E-state index contributed by atoms with van der Waals surface area (Å²) in [5, 5.41) is 0. The van der Waals surface area contributed by atoms with Gasteiger partial charge in [-0.05, 0) is 32.1 Å². The van der Waals surface area contributed by atoms with Gasteiger partial charge in [0.15, 0.2) is 0 Å². The van der Waals surface area contributed by atoms with Gasteiger partial charge in [-0.3, -0.25) is 4.79 Å². The van der Waals surface area contributed by atoms with Gasteiger partial charge in [0.05, 0.1) is 0 Å². The number of carbonyl (C=O) groups excluding carboxylic acids is 1. The minimum absolute atomic E-state index is 0.207. The van der Waals surface area contributed by atoms with Crippen LogP contribution >= 0.6 is 0 Å². The molecule has 2 nitrogen and oxygen atoms in total. The Bertz CT molecular complexity index is 292. The maximum atomic E-state index is 10.5. The molecule has 0 atom stereocenters. The Balaban J connectivity index is 3.11. The first kappa shape index (κ1) is 20.9. The van der Waals surface area contributed by atoms with Gasteiger partial charge >= 0.3 is 5.97 Å². The van der Waals surface area contributed by atoms with E-state index in [1.807, 2.05) is 6.08 Å². The van der Waals surface area contributed by atoms with Crippen LogP contribution in [0.5, 0.6) is 0 Å². The van der Waals surface area contributed by atoms with E-state index in [4.69, 9.17) is 4.74 Å². The molecule has 0 saturated heterocycles. The number of hydrogen-bond donors (Lipinski definition) is 0. The van der Waals surface area contributed by atoms with E-state index in [1.165, 1.54) is 77.6 Å². The van der Waals surface area contributed by atoms with E-state index in [0.717, 1.165) is 6.42 Å². The van der Waals surface area contributed by atoms with Crippen molar-refractivity contribution in [3.8, 4) is 0 Å². The van der Waals surface area contributed by atoms with Crippen molar-refractivity contribution in [2.45, 2.75) is 90.9 Å². The van der Waals surface area contributed by atoms with Gasteiger partial charge in [0.2, 0.25) is 0 Å². The molecule has 0 aromatic rings. The summed E-state index contributed by atoms with van der Waals surface area (Å²) in [6, 6.07) is 0. The Hall–Kier alpha value is -1.05. The molecule has 128 valence electrons. The highest BCUT2D eigenvalue weighted by Crippen LogP contribution is 2.10. The summed E-state index contributed by atoms with van der Waals surface area (Å²) in [7, 11) is 0. The summed E-state index contributed by atoms with van der Waals surface area (Å²) in [5.74, 6) is -0.207. The van der Waals surface area contributed by atoms with Crippen LogP contribution in [0.4, 0.5) is 0 Å². The standard InChI is InChI=1S/C20H36O2/c1-3-4-5-6-7-8-9-10-11-12-13-14-15-16-17-18-19-22-20(2)21/h6-7,17-18H,3-5,8-16,19H2,1-2H3/b7-6?,18-17-. The van der Waals surface area contributed by atoms with E-state index in [-0.39, 0.29) is 5.97 Å². The van der Waals surface area contributed by atoms with Crippen molar-refractivity contribution in [2.75, 3.05) is 6.61 Å². The average molecular weight is 309 g/mol. The van der Waals surface area contributed by atoms with Crippen LogP contribution in [0.1, 0.15) is 90.9 Å². The van der Waals surface area contributed by atoms with Crippen LogP contribution in [-0.2, 0) is 9.53 Å². The van der Waals surface area contributed by atoms with Gasteiger partial charge in [0.25, 0.3) is 0 Å². The molecule has 0 amide bonds. The minimum Gasteiger partial charge on any atom is -0.462 e. The highest BCUT2D eigenvalue weighted by molar-refractivity contribution is 5.65. The van der Waals surface area contributed by atoms with Crippen LogP contribution in [-0.4, -0.2) is 12.6 Å². The molecule has 0 aromatic carbocycles. The SMILES string of the molecule is CCCCC=CCCCCCCCCC/C=C\COC(C)=O. The quantitative estimate of drug-likeness (QED) is 0.200. The molecule has 0 aromatic heterocycles. The number of unbranched alkanes of at least 4 members (excludes halogenated alkanes) is 10. The van der Waals surface area contributed by atoms with E-state index < -0.39 is 0 Å². The average Bonchev–Trinajstić information content (AvgIpc) is 2.50. The summed E-state index contributed by atoms with van der Waals surface area (Å²) in [5.41, 5.74) is 0. The fourth-order valence-electron chi connectivity index (χ4n) is 2.32. The molecule has 0 aliphatic heterocycles. The fraction of sp³-hybridized carbons (Fsp3) is 0.750. The minimum atomic E-state index is -0.207. The third kappa shape index (κ3) is 18.9. The largest absolute Gasteiger partial charge is 0.462 e. The second kappa shape index (κ2) is 18.0. The lowest BCUT2D eigenvalue weighted by Crippen LogP contribution is -1.97. The zero-order valence-corrected chi connectivity index (χ0v) is 14.8. The third-order valence-electron chi connectivity index (χ3n) is 3.68. The molecule has 0 N–H and O–H groups in total. The smallest absolute Gasteiger partial charge is 0.302 e. The van der Waals surface area contributed by atoms with Gasteiger partial charge in [-0.1, -0.05) is 76.2 Å². The van der Waals surface area contributed by atoms with Crippen LogP contribution < -0.4 is 0 Å². The monoisotopic (exact) mass is 308 g/mol. The molecule has 0 aliphatic rings. The third-order valence-corrected chi connectivity index (χ3v) is 3.68. The van der Waals surface area contributed by atoms with E-state index in [9.17, 15) is 4.79 Å². The lowest BCUT2D eigenvalue weighted by molar-refractivity contribution is -0.139. The van der Waals surface area contributed by atoms with Crippen LogP contribution in [0.3, 0.4) is 0 Å². The summed E-state index contributed by atoms with van der Waals surface area (Å²) in [4.78, 5) is 10.5. The molecule has 0 rings (SSSR count). The van der Waals surface area contributed by atoms with Crippen molar-refractivity contribution < 1.29 is 9.53 Å². The van der Waals surface area contributed by atoms with Crippen molar-refractivity contribution >= 4 is 5.97 Å². The number of hydrogen-bond acceptors (Lipinski definition) is 2. The molecule has 0 aliphatic carbocycles. The van der Waals surface area contributed by atoms with Gasteiger partial charge in [-0.15, -0.1) is 0 Å². The predicted molar refractivity (Wildman–Crippen MR) is 96.0 cm³/mol. The highest BCUT2D eigenvalue weighted by atomic mass is 16.5.